The maximum atomic E-state index is 2.79. The molecular weight excluding hydrogens is 368 g/mol. The summed E-state index contributed by atoms with van der Waals surface area (Å²) in [5.74, 6) is 0. The number of benzene rings is 2. The van der Waals surface area contributed by atoms with Gasteiger partial charge in [0.25, 0.3) is 0 Å². The van der Waals surface area contributed by atoms with Gasteiger partial charge in [-0.1, -0.05) is 60.7 Å². The summed E-state index contributed by atoms with van der Waals surface area (Å²) >= 11 is 0. The van der Waals surface area contributed by atoms with Crippen LogP contribution in [0.25, 0.3) is 0 Å². The fourth-order valence-corrected chi connectivity index (χ4v) is 6.19. The van der Waals surface area contributed by atoms with E-state index >= 15 is 0 Å². The van der Waals surface area contributed by atoms with Crippen molar-refractivity contribution in [2.45, 2.75) is 25.9 Å². The van der Waals surface area contributed by atoms with Gasteiger partial charge in [-0.3, -0.25) is 9.80 Å². The lowest BCUT2D eigenvalue weighted by atomic mass is 10.1. The van der Waals surface area contributed by atoms with Crippen LogP contribution in [0.5, 0.6) is 0 Å². The van der Waals surface area contributed by atoms with E-state index in [1.54, 1.807) is 0 Å². The van der Waals surface area contributed by atoms with Gasteiger partial charge in [0.15, 0.2) is 0 Å². The molecule has 0 spiro atoms. The van der Waals surface area contributed by atoms with E-state index in [9.17, 15) is 0 Å². The highest BCUT2D eigenvalue weighted by Gasteiger charge is 2.40. The molecule has 4 heteroatoms. The third kappa shape index (κ3) is 4.62. The second kappa shape index (κ2) is 8.80. The molecule has 3 fully saturated rings. The van der Waals surface area contributed by atoms with Gasteiger partial charge < -0.3 is 8.97 Å². The minimum atomic E-state index is 1.19. The highest BCUT2D eigenvalue weighted by atomic mass is 15.5. The summed E-state index contributed by atoms with van der Waals surface area (Å²) in [4.78, 5) is 5.59. The van der Waals surface area contributed by atoms with E-state index in [2.05, 4.69) is 70.5 Å². The molecule has 4 bridgehead atoms. The summed E-state index contributed by atoms with van der Waals surface area (Å²) in [6.07, 6.45) is 2.68. The van der Waals surface area contributed by atoms with Crippen molar-refractivity contribution in [3.63, 3.8) is 0 Å². The molecule has 0 N–H and O–H groups in total. The molecule has 2 aromatic rings. The Labute approximate surface area is 182 Å². The summed E-state index contributed by atoms with van der Waals surface area (Å²) in [6.45, 7) is 15.1. The summed E-state index contributed by atoms with van der Waals surface area (Å²) < 4.78 is 2.50. The lowest BCUT2D eigenvalue weighted by molar-refractivity contribution is -0.970. The van der Waals surface area contributed by atoms with E-state index in [4.69, 9.17) is 0 Å². The first kappa shape index (κ1) is 20.2. The third-order valence-electron chi connectivity index (χ3n) is 7.72. The van der Waals surface area contributed by atoms with Crippen molar-refractivity contribution in [3.05, 3.63) is 71.8 Å². The van der Waals surface area contributed by atoms with Gasteiger partial charge in [0, 0.05) is 37.1 Å². The van der Waals surface area contributed by atoms with Crippen molar-refractivity contribution in [1.82, 2.24) is 9.80 Å². The highest BCUT2D eigenvalue weighted by Crippen LogP contribution is 2.26. The van der Waals surface area contributed by atoms with Gasteiger partial charge in [-0.2, -0.15) is 0 Å². The van der Waals surface area contributed by atoms with Crippen LogP contribution in [0.15, 0.2) is 60.7 Å². The van der Waals surface area contributed by atoms with Crippen LogP contribution in [0.1, 0.15) is 24.0 Å². The number of nitrogens with zero attached hydrogens (tertiary/aromatic N) is 4. The topological polar surface area (TPSA) is 6.48 Å². The molecule has 4 unspecified atom stereocenters. The van der Waals surface area contributed by atoms with E-state index < -0.39 is 0 Å². The van der Waals surface area contributed by atoms with Crippen molar-refractivity contribution < 1.29 is 8.97 Å². The van der Waals surface area contributed by atoms with Crippen molar-refractivity contribution in [3.8, 4) is 0 Å². The van der Waals surface area contributed by atoms with Gasteiger partial charge >= 0.3 is 0 Å². The predicted octanol–water partition coefficient (Wildman–Crippen LogP) is 3.36. The Morgan fingerprint density at radius 1 is 0.533 bits per heavy atom. The van der Waals surface area contributed by atoms with Gasteiger partial charge in [0.2, 0.25) is 0 Å². The van der Waals surface area contributed by atoms with Crippen LogP contribution in [-0.4, -0.2) is 84.5 Å². The van der Waals surface area contributed by atoms with Crippen LogP contribution in [-0.2, 0) is 13.1 Å². The van der Waals surface area contributed by atoms with Crippen LogP contribution >= 0.6 is 0 Å². The molecule has 4 nitrogen and oxygen atoms in total. The number of rotatable bonds is 4. The number of fused-ring (bicyclic) bond motifs is 4. The van der Waals surface area contributed by atoms with Crippen molar-refractivity contribution >= 4 is 0 Å². The standard InChI is InChI=1S/C26H38N4/c1-3-9-25(10-4-1)21-29-17-7-13-27(23-29)16-20-30(22-26-11-5-2-6-12-26)18-8-14-28(24-30)15-19-29/h1-6,9-12H,7-8,13-24H2/q+2. The predicted molar refractivity (Wildman–Crippen MR) is 122 cm³/mol. The Bertz CT molecular complexity index is 741. The molecule has 160 valence electrons. The Morgan fingerprint density at radius 3 is 1.40 bits per heavy atom. The minimum absolute atomic E-state index is 1.19. The Balaban J connectivity index is 1.36. The molecule has 0 amide bonds. The Kier molecular flexibility index (Phi) is 5.92. The summed E-state index contributed by atoms with van der Waals surface area (Å²) in [5.41, 5.74) is 3.01. The van der Waals surface area contributed by atoms with E-state index in [0.717, 1.165) is 0 Å². The van der Waals surface area contributed by atoms with E-state index in [1.165, 1.54) is 112 Å². The number of hydrogen-bond donors (Lipinski definition) is 0. The first-order valence-corrected chi connectivity index (χ1v) is 12.0. The minimum Gasteiger partial charge on any atom is -0.306 e. The normalized spacial score (nSPS) is 34.3. The molecule has 5 rings (SSSR count). The molecule has 0 radical (unpaired) electrons. The van der Waals surface area contributed by atoms with Gasteiger partial charge in [-0.25, -0.2) is 0 Å². The van der Waals surface area contributed by atoms with E-state index in [-0.39, 0.29) is 0 Å². The zero-order chi connectivity index (χ0) is 20.3. The lowest BCUT2D eigenvalue weighted by Gasteiger charge is -2.51. The van der Waals surface area contributed by atoms with Crippen LogP contribution < -0.4 is 0 Å². The largest absolute Gasteiger partial charge is 0.306 e. The van der Waals surface area contributed by atoms with Gasteiger partial charge in [0.1, 0.15) is 26.4 Å². The third-order valence-corrected chi connectivity index (χ3v) is 7.72. The van der Waals surface area contributed by atoms with E-state index in [1.807, 2.05) is 0 Å². The quantitative estimate of drug-likeness (QED) is 0.719. The Morgan fingerprint density at radius 2 is 0.967 bits per heavy atom. The molecular formula is C26H38N4+2. The SMILES string of the molecule is c1ccc(C[N+]23CCCN(CC[N+]4(Cc5ccccc5)CCCN(CC2)C4)C3)cc1. The van der Waals surface area contributed by atoms with Crippen molar-refractivity contribution in [2.24, 2.45) is 0 Å². The summed E-state index contributed by atoms with van der Waals surface area (Å²) in [5, 5.41) is 0. The first-order chi connectivity index (χ1) is 14.7. The second-order valence-electron chi connectivity index (χ2n) is 10.1. The molecule has 2 aromatic carbocycles. The van der Waals surface area contributed by atoms with Crippen LogP contribution in [0.3, 0.4) is 0 Å². The number of quaternary nitrogens is 2. The smallest absolute Gasteiger partial charge is 0.135 e. The van der Waals surface area contributed by atoms with Crippen molar-refractivity contribution in [2.75, 3.05) is 65.7 Å². The second-order valence-corrected chi connectivity index (χ2v) is 10.1. The molecule has 4 atom stereocenters. The monoisotopic (exact) mass is 406 g/mol. The maximum absolute atomic E-state index is 2.79. The van der Waals surface area contributed by atoms with E-state index in [0.29, 0.717) is 0 Å². The molecule has 3 saturated heterocycles. The van der Waals surface area contributed by atoms with Crippen LogP contribution in [0, 0.1) is 0 Å². The molecule has 0 aromatic heterocycles. The summed E-state index contributed by atoms with van der Waals surface area (Å²) in [7, 11) is 0. The zero-order valence-corrected chi connectivity index (χ0v) is 18.5. The Hall–Kier alpha value is -1.72. The maximum Gasteiger partial charge on any atom is 0.135 e. The van der Waals surface area contributed by atoms with Gasteiger partial charge in [-0.15, -0.1) is 0 Å². The average molecular weight is 407 g/mol. The molecule has 3 aliphatic heterocycles. The highest BCUT2D eigenvalue weighted by molar-refractivity contribution is 5.14. The first-order valence-electron chi connectivity index (χ1n) is 12.0. The van der Waals surface area contributed by atoms with Crippen LogP contribution in [0.4, 0.5) is 0 Å². The molecule has 3 heterocycles. The van der Waals surface area contributed by atoms with Gasteiger partial charge in [-0.05, 0) is 0 Å². The lowest BCUT2D eigenvalue weighted by Crippen LogP contribution is -2.66. The van der Waals surface area contributed by atoms with Gasteiger partial charge in [0.05, 0.1) is 39.3 Å². The molecule has 3 aliphatic rings. The molecule has 0 saturated carbocycles. The fraction of sp³-hybridized carbons (Fsp3) is 0.538. The van der Waals surface area contributed by atoms with Crippen LogP contribution in [0.2, 0.25) is 0 Å². The van der Waals surface area contributed by atoms with Crippen molar-refractivity contribution in [1.29, 1.82) is 0 Å². The zero-order valence-electron chi connectivity index (χ0n) is 18.5. The fourth-order valence-electron chi connectivity index (χ4n) is 6.19. The average Bonchev–Trinajstić information content (AvgIpc) is 2.78. The number of hydrogen-bond acceptors (Lipinski definition) is 2. The molecule has 30 heavy (non-hydrogen) atoms. The summed E-state index contributed by atoms with van der Waals surface area (Å²) in [6, 6.07) is 22.4. The molecule has 0 aliphatic carbocycles.